The fourth-order valence-electron chi connectivity index (χ4n) is 2.57. The van der Waals surface area contributed by atoms with Crippen molar-refractivity contribution >= 4 is 17.4 Å². The lowest BCUT2D eigenvalue weighted by Gasteiger charge is -2.20. The van der Waals surface area contributed by atoms with Crippen molar-refractivity contribution in [1.29, 1.82) is 0 Å². The topological polar surface area (TPSA) is 56.8 Å². The van der Waals surface area contributed by atoms with Crippen molar-refractivity contribution in [2.45, 2.75) is 25.2 Å². The van der Waals surface area contributed by atoms with Crippen LogP contribution in [0.2, 0.25) is 5.02 Å². The number of aromatic amines is 1. The highest BCUT2D eigenvalue weighted by Gasteiger charge is 2.32. The summed E-state index contributed by atoms with van der Waals surface area (Å²) in [6.45, 7) is 1.94. The van der Waals surface area contributed by atoms with Gasteiger partial charge in [0.25, 0.3) is 0 Å². The van der Waals surface area contributed by atoms with E-state index in [4.69, 9.17) is 11.6 Å². The summed E-state index contributed by atoms with van der Waals surface area (Å²) in [6.07, 6.45) is 0.686. The molecule has 1 fully saturated rings. The smallest absolute Gasteiger partial charge is 0.354 e. The maximum atomic E-state index is 12.6. The minimum atomic E-state index is -4.44. The average molecular weight is 346 g/mol. The number of nitrogens with one attached hydrogen (secondary N) is 2. The first kappa shape index (κ1) is 16.1. The van der Waals surface area contributed by atoms with Crippen LogP contribution in [0.25, 0.3) is 0 Å². The first-order valence-electron chi connectivity index (χ1n) is 7.13. The van der Waals surface area contributed by atoms with Crippen molar-refractivity contribution in [2.75, 3.05) is 18.0 Å². The van der Waals surface area contributed by atoms with Gasteiger partial charge >= 0.3 is 6.18 Å². The molecular formula is C14H15ClF3N5. The molecule has 0 radical (unpaired) electrons. The van der Waals surface area contributed by atoms with Crippen molar-refractivity contribution in [2.24, 2.45) is 0 Å². The van der Waals surface area contributed by atoms with Crippen molar-refractivity contribution in [1.82, 2.24) is 20.3 Å². The van der Waals surface area contributed by atoms with Crippen LogP contribution in [0.5, 0.6) is 0 Å². The van der Waals surface area contributed by atoms with Gasteiger partial charge in [-0.2, -0.15) is 13.2 Å². The molecular weight excluding hydrogens is 331 g/mol. The molecule has 3 heterocycles. The van der Waals surface area contributed by atoms with Gasteiger partial charge in [0.15, 0.2) is 0 Å². The molecule has 1 aliphatic rings. The van der Waals surface area contributed by atoms with Gasteiger partial charge in [0.1, 0.15) is 11.6 Å². The van der Waals surface area contributed by atoms with Crippen LogP contribution in [-0.2, 0) is 12.7 Å². The van der Waals surface area contributed by atoms with Gasteiger partial charge in [-0.15, -0.1) is 0 Å². The molecule has 1 saturated heterocycles. The van der Waals surface area contributed by atoms with Gasteiger partial charge in [-0.05, 0) is 12.5 Å². The molecule has 2 aromatic heterocycles. The van der Waals surface area contributed by atoms with Crippen molar-refractivity contribution < 1.29 is 13.2 Å². The van der Waals surface area contributed by atoms with Crippen molar-refractivity contribution in [3.63, 3.8) is 0 Å². The minimum Gasteiger partial charge on any atom is -0.354 e. The molecule has 0 aromatic carbocycles. The third-order valence-corrected chi connectivity index (χ3v) is 4.03. The molecule has 0 amide bonds. The largest absolute Gasteiger partial charge is 0.417 e. The maximum Gasteiger partial charge on any atom is 0.417 e. The highest BCUT2D eigenvalue weighted by atomic mass is 35.5. The Morgan fingerprint density at radius 3 is 2.87 bits per heavy atom. The van der Waals surface area contributed by atoms with Crippen LogP contribution in [-0.4, -0.2) is 34.1 Å². The lowest BCUT2D eigenvalue weighted by Crippen LogP contribution is -2.32. The van der Waals surface area contributed by atoms with Gasteiger partial charge < -0.3 is 15.2 Å². The summed E-state index contributed by atoms with van der Waals surface area (Å²) in [6, 6.07) is 1.13. The highest BCUT2D eigenvalue weighted by molar-refractivity contribution is 6.33. The van der Waals surface area contributed by atoms with Crippen LogP contribution < -0.4 is 10.2 Å². The molecule has 0 bridgehead atoms. The van der Waals surface area contributed by atoms with Crippen LogP contribution in [0.3, 0.4) is 0 Å². The zero-order chi connectivity index (χ0) is 16.4. The Labute approximate surface area is 135 Å². The number of anilines is 1. The molecule has 1 atom stereocenters. The molecule has 23 heavy (non-hydrogen) atoms. The van der Waals surface area contributed by atoms with Crippen LogP contribution in [0.1, 0.15) is 17.8 Å². The summed E-state index contributed by atoms with van der Waals surface area (Å²) >= 11 is 5.98. The summed E-state index contributed by atoms with van der Waals surface area (Å²) in [5, 5.41) is 3.37. The van der Waals surface area contributed by atoms with Crippen LogP contribution in [0.4, 0.5) is 19.0 Å². The Kier molecular flexibility index (Phi) is 4.45. The first-order valence-corrected chi connectivity index (χ1v) is 7.50. The molecule has 0 spiro atoms. The molecule has 0 saturated carbocycles. The zero-order valence-electron chi connectivity index (χ0n) is 12.1. The summed E-state index contributed by atoms with van der Waals surface area (Å²) in [5.74, 6) is 1.23. The molecule has 1 unspecified atom stereocenters. The fraction of sp³-hybridized carbons (Fsp3) is 0.429. The van der Waals surface area contributed by atoms with E-state index in [0.29, 0.717) is 25.5 Å². The highest BCUT2D eigenvalue weighted by Crippen LogP contribution is 2.34. The number of nitrogens with zero attached hydrogens (tertiary/aromatic N) is 3. The normalized spacial score (nSPS) is 18.6. The van der Waals surface area contributed by atoms with Gasteiger partial charge in [0, 0.05) is 37.7 Å². The van der Waals surface area contributed by atoms with Gasteiger partial charge in [-0.1, -0.05) is 11.6 Å². The number of hydrogen-bond acceptors (Lipinski definition) is 4. The second-order valence-electron chi connectivity index (χ2n) is 5.38. The summed E-state index contributed by atoms with van der Waals surface area (Å²) in [5.41, 5.74) is -0.835. The summed E-state index contributed by atoms with van der Waals surface area (Å²) in [4.78, 5) is 12.9. The number of rotatable bonds is 4. The average Bonchev–Trinajstić information content (AvgIpc) is 3.15. The van der Waals surface area contributed by atoms with Crippen LogP contribution in [0, 0.1) is 0 Å². The standard InChI is InChI=1S/C14H15ClF3N5/c15-11-5-9(14(16,17)18)6-22-13(11)23-4-1-10(8-23)21-7-12-19-2-3-20-12/h2-3,5-6,10,21H,1,4,7-8H2,(H,19,20). The van der Waals surface area contributed by atoms with E-state index in [2.05, 4.69) is 20.3 Å². The zero-order valence-corrected chi connectivity index (χ0v) is 12.8. The van der Waals surface area contributed by atoms with E-state index in [1.54, 1.807) is 12.4 Å². The second-order valence-corrected chi connectivity index (χ2v) is 5.78. The number of H-pyrrole nitrogens is 1. The third-order valence-electron chi connectivity index (χ3n) is 3.75. The predicted molar refractivity (Wildman–Crippen MR) is 80.3 cm³/mol. The molecule has 1 aliphatic heterocycles. The van der Waals surface area contributed by atoms with E-state index >= 15 is 0 Å². The third kappa shape index (κ3) is 3.76. The van der Waals surface area contributed by atoms with Crippen molar-refractivity contribution in [3.8, 4) is 0 Å². The maximum absolute atomic E-state index is 12.6. The van der Waals surface area contributed by atoms with E-state index in [1.165, 1.54) is 0 Å². The molecule has 0 aliphatic carbocycles. The Morgan fingerprint density at radius 2 is 2.22 bits per heavy atom. The minimum absolute atomic E-state index is 0.0199. The molecule has 124 valence electrons. The van der Waals surface area contributed by atoms with E-state index in [9.17, 15) is 13.2 Å². The number of pyridine rings is 1. The number of aromatic nitrogens is 3. The lowest BCUT2D eigenvalue weighted by atomic mass is 10.2. The quantitative estimate of drug-likeness (QED) is 0.894. The summed E-state index contributed by atoms with van der Waals surface area (Å²) in [7, 11) is 0. The first-order chi connectivity index (χ1) is 10.9. The molecule has 3 rings (SSSR count). The molecule has 5 nitrogen and oxygen atoms in total. The second kappa shape index (κ2) is 6.37. The Balaban J connectivity index is 1.62. The Morgan fingerprint density at radius 1 is 1.39 bits per heavy atom. The summed E-state index contributed by atoms with van der Waals surface area (Å²) < 4.78 is 37.9. The van der Waals surface area contributed by atoms with Gasteiger partial charge in [0.2, 0.25) is 0 Å². The van der Waals surface area contributed by atoms with Gasteiger partial charge in [-0.25, -0.2) is 9.97 Å². The van der Waals surface area contributed by atoms with E-state index in [0.717, 1.165) is 24.5 Å². The fourth-order valence-corrected chi connectivity index (χ4v) is 2.86. The van der Waals surface area contributed by atoms with E-state index in [1.807, 2.05) is 4.90 Å². The van der Waals surface area contributed by atoms with Crippen molar-refractivity contribution in [3.05, 3.63) is 41.1 Å². The van der Waals surface area contributed by atoms with Crippen LogP contribution >= 0.6 is 11.6 Å². The molecule has 2 N–H and O–H groups in total. The predicted octanol–water partition coefficient (Wildman–Crippen LogP) is 2.85. The lowest BCUT2D eigenvalue weighted by molar-refractivity contribution is -0.137. The van der Waals surface area contributed by atoms with E-state index in [-0.39, 0.29) is 11.1 Å². The molecule has 2 aromatic rings. The number of alkyl halides is 3. The number of imidazole rings is 1. The molecule has 9 heteroatoms. The van der Waals surface area contributed by atoms with E-state index < -0.39 is 11.7 Å². The Bertz CT molecular complexity index is 659. The Hall–Kier alpha value is -1.80. The SMILES string of the molecule is FC(F)(F)c1cnc(N2CCC(NCc3ncc[nH]3)C2)c(Cl)c1. The van der Waals surface area contributed by atoms with Crippen LogP contribution in [0.15, 0.2) is 24.7 Å². The monoisotopic (exact) mass is 345 g/mol. The number of hydrogen-bond donors (Lipinski definition) is 2. The van der Waals surface area contributed by atoms with Gasteiger partial charge in [-0.3, -0.25) is 0 Å². The van der Waals surface area contributed by atoms with Gasteiger partial charge in [0.05, 0.1) is 17.1 Å². The number of halogens is 4.